The van der Waals surface area contributed by atoms with Gasteiger partial charge in [-0.1, -0.05) is 38.8 Å². The van der Waals surface area contributed by atoms with Crippen molar-refractivity contribution in [1.29, 1.82) is 0 Å². The molecule has 0 atom stereocenters. The summed E-state index contributed by atoms with van der Waals surface area (Å²) in [6, 6.07) is 7.41. The minimum atomic E-state index is -0.148. The fourth-order valence-electron chi connectivity index (χ4n) is 1.78. The van der Waals surface area contributed by atoms with Crippen molar-refractivity contribution >= 4 is 11.7 Å². The van der Waals surface area contributed by atoms with Crippen molar-refractivity contribution in [2.45, 2.75) is 39.7 Å². The van der Waals surface area contributed by atoms with Crippen LogP contribution in [0.2, 0.25) is 0 Å². The number of urea groups is 1. The average Bonchev–Trinajstić information content (AvgIpc) is 2.39. The molecule has 0 saturated heterocycles. The van der Waals surface area contributed by atoms with Crippen LogP contribution in [0.3, 0.4) is 0 Å². The van der Waals surface area contributed by atoms with Gasteiger partial charge in [0.25, 0.3) is 0 Å². The average molecular weight is 263 g/mol. The maximum atomic E-state index is 11.6. The van der Waals surface area contributed by atoms with Crippen molar-refractivity contribution in [1.82, 2.24) is 5.32 Å². The Morgan fingerprint density at radius 3 is 2.47 bits per heavy atom. The number of nitrogens with two attached hydrogens (primary N) is 1. The number of carbonyl (C=O) groups is 1. The molecule has 0 radical (unpaired) electrons. The molecule has 0 saturated carbocycles. The first-order valence-electron chi connectivity index (χ1n) is 6.95. The van der Waals surface area contributed by atoms with Crippen LogP contribution in [-0.2, 0) is 6.54 Å². The van der Waals surface area contributed by atoms with E-state index in [-0.39, 0.29) is 6.03 Å². The van der Waals surface area contributed by atoms with E-state index in [1.54, 1.807) is 0 Å². The molecular weight excluding hydrogens is 238 g/mol. The third kappa shape index (κ3) is 6.82. The van der Waals surface area contributed by atoms with Crippen LogP contribution in [0.15, 0.2) is 24.3 Å². The van der Waals surface area contributed by atoms with E-state index in [4.69, 9.17) is 5.73 Å². The van der Waals surface area contributed by atoms with E-state index in [9.17, 15) is 4.79 Å². The summed E-state index contributed by atoms with van der Waals surface area (Å²) >= 11 is 0. The largest absolute Gasteiger partial charge is 0.338 e. The Morgan fingerprint density at radius 2 is 1.89 bits per heavy atom. The predicted octanol–water partition coefficient (Wildman–Crippen LogP) is 3.09. The number of anilines is 1. The standard InChI is InChI=1S/C15H25N3O/c1-12(2)5-3-4-10-17-15(19)18-14-8-6-13(11-16)7-9-14/h6-9,12H,3-5,10-11,16H2,1-2H3,(H2,17,18,19). The third-order valence-corrected chi connectivity index (χ3v) is 2.94. The summed E-state index contributed by atoms with van der Waals surface area (Å²) in [6.45, 7) is 5.66. The van der Waals surface area contributed by atoms with Gasteiger partial charge in [-0.05, 0) is 30.0 Å². The Hall–Kier alpha value is -1.55. The molecule has 2 amide bonds. The van der Waals surface area contributed by atoms with Crippen LogP contribution in [-0.4, -0.2) is 12.6 Å². The van der Waals surface area contributed by atoms with E-state index in [0.29, 0.717) is 6.54 Å². The second-order valence-corrected chi connectivity index (χ2v) is 5.17. The van der Waals surface area contributed by atoms with Crippen LogP contribution < -0.4 is 16.4 Å². The molecule has 1 aromatic rings. The fraction of sp³-hybridized carbons (Fsp3) is 0.533. The molecule has 0 aliphatic carbocycles. The van der Waals surface area contributed by atoms with Gasteiger partial charge in [-0.2, -0.15) is 0 Å². The lowest BCUT2D eigenvalue weighted by atomic mass is 10.1. The van der Waals surface area contributed by atoms with Gasteiger partial charge in [0.05, 0.1) is 0 Å². The molecular formula is C15H25N3O. The Balaban J connectivity index is 2.19. The van der Waals surface area contributed by atoms with Crippen LogP contribution in [0.25, 0.3) is 0 Å². The van der Waals surface area contributed by atoms with E-state index in [0.717, 1.165) is 36.6 Å². The maximum absolute atomic E-state index is 11.6. The number of unbranched alkanes of at least 4 members (excludes halogenated alkanes) is 1. The van der Waals surface area contributed by atoms with Crippen LogP contribution in [0, 0.1) is 5.92 Å². The van der Waals surface area contributed by atoms with Gasteiger partial charge in [0.2, 0.25) is 0 Å². The third-order valence-electron chi connectivity index (χ3n) is 2.94. The Kier molecular flexibility index (Phi) is 6.97. The van der Waals surface area contributed by atoms with Crippen molar-refractivity contribution in [3.63, 3.8) is 0 Å². The van der Waals surface area contributed by atoms with Crippen LogP contribution in [0.1, 0.15) is 38.7 Å². The van der Waals surface area contributed by atoms with Crippen molar-refractivity contribution in [3.8, 4) is 0 Å². The first-order valence-corrected chi connectivity index (χ1v) is 6.95. The molecule has 4 nitrogen and oxygen atoms in total. The van der Waals surface area contributed by atoms with Gasteiger partial charge >= 0.3 is 6.03 Å². The van der Waals surface area contributed by atoms with Gasteiger partial charge in [0.15, 0.2) is 0 Å². The van der Waals surface area contributed by atoms with Gasteiger partial charge in [-0.15, -0.1) is 0 Å². The summed E-state index contributed by atoms with van der Waals surface area (Å²) < 4.78 is 0. The molecule has 0 heterocycles. The summed E-state index contributed by atoms with van der Waals surface area (Å²) in [4.78, 5) is 11.6. The van der Waals surface area contributed by atoms with Crippen LogP contribution in [0.5, 0.6) is 0 Å². The van der Waals surface area contributed by atoms with E-state index in [1.165, 1.54) is 6.42 Å². The molecule has 0 aromatic heterocycles. The number of benzene rings is 1. The smallest absolute Gasteiger partial charge is 0.319 e. The van der Waals surface area contributed by atoms with Gasteiger partial charge in [-0.25, -0.2) is 4.79 Å². The van der Waals surface area contributed by atoms with Crippen molar-refractivity contribution in [3.05, 3.63) is 29.8 Å². The van der Waals surface area contributed by atoms with Gasteiger partial charge in [0, 0.05) is 18.8 Å². The van der Waals surface area contributed by atoms with E-state index in [2.05, 4.69) is 24.5 Å². The molecule has 0 aliphatic heterocycles. The minimum Gasteiger partial charge on any atom is -0.338 e. The minimum absolute atomic E-state index is 0.148. The Morgan fingerprint density at radius 1 is 1.21 bits per heavy atom. The first kappa shape index (κ1) is 15.5. The summed E-state index contributed by atoms with van der Waals surface area (Å²) in [6.07, 6.45) is 3.39. The van der Waals surface area contributed by atoms with Crippen LogP contribution >= 0.6 is 0 Å². The summed E-state index contributed by atoms with van der Waals surface area (Å²) in [5.41, 5.74) is 7.36. The Labute approximate surface area is 115 Å². The number of carbonyl (C=O) groups excluding carboxylic acids is 1. The highest BCUT2D eigenvalue weighted by atomic mass is 16.2. The first-order chi connectivity index (χ1) is 9.11. The highest BCUT2D eigenvalue weighted by molar-refractivity contribution is 5.89. The zero-order valence-corrected chi connectivity index (χ0v) is 11.9. The predicted molar refractivity (Wildman–Crippen MR) is 80.0 cm³/mol. The maximum Gasteiger partial charge on any atom is 0.319 e. The number of amides is 2. The molecule has 1 rings (SSSR count). The molecule has 106 valence electrons. The monoisotopic (exact) mass is 263 g/mol. The zero-order chi connectivity index (χ0) is 14.1. The normalized spacial score (nSPS) is 10.5. The lowest BCUT2D eigenvalue weighted by Crippen LogP contribution is -2.29. The number of nitrogens with one attached hydrogen (secondary N) is 2. The second-order valence-electron chi connectivity index (χ2n) is 5.17. The van der Waals surface area contributed by atoms with Crippen molar-refractivity contribution in [2.75, 3.05) is 11.9 Å². The van der Waals surface area contributed by atoms with Gasteiger partial charge in [-0.3, -0.25) is 0 Å². The molecule has 19 heavy (non-hydrogen) atoms. The molecule has 0 aliphatic rings. The van der Waals surface area contributed by atoms with Crippen LogP contribution in [0.4, 0.5) is 10.5 Å². The highest BCUT2D eigenvalue weighted by Gasteiger charge is 2.01. The molecule has 0 fully saturated rings. The molecule has 0 unspecified atom stereocenters. The summed E-state index contributed by atoms with van der Waals surface area (Å²) in [7, 11) is 0. The lowest BCUT2D eigenvalue weighted by Gasteiger charge is -2.08. The molecule has 4 N–H and O–H groups in total. The quantitative estimate of drug-likeness (QED) is 0.662. The second kappa shape index (κ2) is 8.53. The van der Waals surface area contributed by atoms with Gasteiger partial charge < -0.3 is 16.4 Å². The molecule has 1 aromatic carbocycles. The lowest BCUT2D eigenvalue weighted by molar-refractivity contribution is 0.252. The SMILES string of the molecule is CC(C)CCCCNC(=O)Nc1ccc(CN)cc1. The summed E-state index contributed by atoms with van der Waals surface area (Å²) in [5, 5.41) is 5.66. The van der Waals surface area contributed by atoms with E-state index >= 15 is 0 Å². The molecule has 4 heteroatoms. The molecule has 0 bridgehead atoms. The van der Waals surface area contributed by atoms with Crippen molar-refractivity contribution < 1.29 is 4.79 Å². The van der Waals surface area contributed by atoms with Gasteiger partial charge in [0.1, 0.15) is 0 Å². The fourth-order valence-corrected chi connectivity index (χ4v) is 1.78. The van der Waals surface area contributed by atoms with E-state index in [1.807, 2.05) is 24.3 Å². The van der Waals surface area contributed by atoms with Crippen molar-refractivity contribution in [2.24, 2.45) is 11.7 Å². The molecule has 0 spiro atoms. The Bertz CT molecular complexity index is 373. The summed E-state index contributed by atoms with van der Waals surface area (Å²) in [5.74, 6) is 0.731. The topological polar surface area (TPSA) is 67.2 Å². The highest BCUT2D eigenvalue weighted by Crippen LogP contribution is 2.09. The number of hydrogen-bond acceptors (Lipinski definition) is 2. The number of rotatable bonds is 7. The number of hydrogen-bond donors (Lipinski definition) is 3. The van der Waals surface area contributed by atoms with E-state index < -0.39 is 0 Å². The zero-order valence-electron chi connectivity index (χ0n) is 11.9.